The van der Waals surface area contributed by atoms with Crippen molar-refractivity contribution in [3.8, 4) is 5.75 Å². The molecule has 0 saturated heterocycles. The van der Waals surface area contributed by atoms with Gasteiger partial charge >= 0.3 is 0 Å². The third-order valence-corrected chi connectivity index (χ3v) is 4.69. The molecule has 0 aliphatic carbocycles. The van der Waals surface area contributed by atoms with Crippen molar-refractivity contribution in [2.45, 2.75) is 26.7 Å². The fraction of sp³-hybridized carbons (Fsp3) is 0.273. The number of pyridine rings is 1. The van der Waals surface area contributed by atoms with Gasteiger partial charge in [-0.05, 0) is 30.5 Å². The van der Waals surface area contributed by atoms with Crippen LogP contribution in [0.1, 0.15) is 48.3 Å². The van der Waals surface area contributed by atoms with Gasteiger partial charge < -0.3 is 15.8 Å². The second-order valence-electron chi connectivity index (χ2n) is 7.23. The molecule has 1 aromatic heterocycles. The Balaban J connectivity index is 1.70. The van der Waals surface area contributed by atoms with Crippen molar-refractivity contribution in [1.82, 2.24) is 15.3 Å². The van der Waals surface area contributed by atoms with Crippen LogP contribution in [0.15, 0.2) is 53.2 Å². The average Bonchev–Trinajstić information content (AvgIpc) is 2.74. The van der Waals surface area contributed by atoms with E-state index in [-0.39, 0.29) is 18.4 Å². The zero-order valence-corrected chi connectivity index (χ0v) is 17.6. The number of fused-ring (bicyclic) bond motifs is 1. The van der Waals surface area contributed by atoms with Crippen LogP contribution >= 0.6 is 0 Å². The maximum absolute atomic E-state index is 12.4. The molecule has 0 saturated carbocycles. The number of guanidine groups is 1. The number of hydrazone groups is 1. The monoisotopic (exact) mass is 406 g/mol. The molecule has 0 spiro atoms. The lowest BCUT2D eigenvalue weighted by atomic mass is 10.1. The topological polar surface area (TPSA) is 105 Å². The third kappa shape index (κ3) is 4.32. The van der Waals surface area contributed by atoms with E-state index in [0.29, 0.717) is 34.5 Å². The number of rotatable bonds is 6. The SMILES string of the molecule is C=C1c2cccc(OC)c2N=C(N)N1/N=C(\C)CNC(=O)c1ccc(C(C)C)cn1. The molecule has 1 aromatic carbocycles. The van der Waals surface area contributed by atoms with E-state index in [1.807, 2.05) is 24.3 Å². The van der Waals surface area contributed by atoms with E-state index < -0.39 is 0 Å². The van der Waals surface area contributed by atoms with Gasteiger partial charge in [0.25, 0.3) is 5.91 Å². The summed E-state index contributed by atoms with van der Waals surface area (Å²) in [5.74, 6) is 0.877. The second kappa shape index (κ2) is 8.77. The Morgan fingerprint density at radius 3 is 2.73 bits per heavy atom. The van der Waals surface area contributed by atoms with Crippen molar-refractivity contribution < 1.29 is 9.53 Å². The number of para-hydroxylation sites is 1. The molecule has 30 heavy (non-hydrogen) atoms. The molecule has 0 unspecified atom stereocenters. The highest BCUT2D eigenvalue weighted by Crippen LogP contribution is 2.39. The minimum Gasteiger partial charge on any atom is -0.494 e. The summed E-state index contributed by atoms with van der Waals surface area (Å²) in [5, 5.41) is 8.75. The Kier molecular flexibility index (Phi) is 6.15. The van der Waals surface area contributed by atoms with Gasteiger partial charge in [-0.2, -0.15) is 5.10 Å². The normalized spacial score (nSPS) is 13.8. The van der Waals surface area contributed by atoms with Crippen LogP contribution in [0.25, 0.3) is 5.70 Å². The summed E-state index contributed by atoms with van der Waals surface area (Å²) in [7, 11) is 1.58. The van der Waals surface area contributed by atoms with Crippen LogP contribution in [0.5, 0.6) is 5.75 Å². The fourth-order valence-corrected chi connectivity index (χ4v) is 2.95. The molecule has 8 heteroatoms. The number of nitrogens with two attached hydrogens (primary N) is 1. The molecule has 0 fully saturated rings. The van der Waals surface area contributed by atoms with Crippen LogP contribution in [0.3, 0.4) is 0 Å². The molecule has 1 aliphatic rings. The molecule has 3 rings (SSSR count). The van der Waals surface area contributed by atoms with Crippen molar-refractivity contribution >= 4 is 29.0 Å². The van der Waals surface area contributed by atoms with Gasteiger partial charge in [-0.15, -0.1) is 0 Å². The van der Waals surface area contributed by atoms with Crippen LogP contribution in [-0.2, 0) is 0 Å². The second-order valence-corrected chi connectivity index (χ2v) is 7.23. The summed E-state index contributed by atoms with van der Waals surface area (Å²) in [6.07, 6.45) is 1.72. The minimum atomic E-state index is -0.269. The van der Waals surface area contributed by atoms with E-state index in [2.05, 4.69) is 40.8 Å². The zero-order valence-electron chi connectivity index (χ0n) is 17.6. The molecule has 3 N–H and O–H groups in total. The maximum atomic E-state index is 12.4. The molecule has 156 valence electrons. The lowest BCUT2D eigenvalue weighted by Crippen LogP contribution is -2.36. The van der Waals surface area contributed by atoms with Crippen molar-refractivity contribution in [3.05, 3.63) is 59.9 Å². The molecular formula is C22H26N6O2. The first kappa shape index (κ1) is 21.0. The molecule has 8 nitrogen and oxygen atoms in total. The predicted octanol–water partition coefficient (Wildman–Crippen LogP) is 3.25. The van der Waals surface area contributed by atoms with Crippen molar-refractivity contribution in [2.24, 2.45) is 15.8 Å². The predicted molar refractivity (Wildman–Crippen MR) is 119 cm³/mol. The van der Waals surface area contributed by atoms with E-state index in [0.717, 1.165) is 11.1 Å². The van der Waals surface area contributed by atoms with Gasteiger partial charge in [0.2, 0.25) is 5.96 Å². The lowest BCUT2D eigenvalue weighted by Gasteiger charge is -2.27. The third-order valence-electron chi connectivity index (χ3n) is 4.69. The first-order valence-electron chi connectivity index (χ1n) is 9.60. The highest BCUT2D eigenvalue weighted by atomic mass is 16.5. The van der Waals surface area contributed by atoms with Gasteiger partial charge in [0.1, 0.15) is 17.1 Å². The van der Waals surface area contributed by atoms with Crippen LogP contribution in [0.2, 0.25) is 0 Å². The number of methoxy groups -OCH3 is 1. The summed E-state index contributed by atoms with van der Waals surface area (Å²) in [6.45, 7) is 10.3. The Morgan fingerprint density at radius 1 is 1.33 bits per heavy atom. The van der Waals surface area contributed by atoms with Crippen molar-refractivity contribution in [3.63, 3.8) is 0 Å². The molecule has 0 radical (unpaired) electrons. The molecular weight excluding hydrogens is 380 g/mol. The summed E-state index contributed by atoms with van der Waals surface area (Å²) in [5.41, 5.74) is 10.1. The van der Waals surface area contributed by atoms with Crippen LogP contribution in [0.4, 0.5) is 5.69 Å². The smallest absolute Gasteiger partial charge is 0.270 e. The van der Waals surface area contributed by atoms with Gasteiger partial charge in [0.15, 0.2) is 0 Å². The first-order valence-corrected chi connectivity index (χ1v) is 9.60. The van der Waals surface area contributed by atoms with E-state index in [4.69, 9.17) is 10.5 Å². The number of aliphatic imine (C=N–C) groups is 1. The van der Waals surface area contributed by atoms with E-state index >= 15 is 0 Å². The average molecular weight is 406 g/mol. The van der Waals surface area contributed by atoms with Gasteiger partial charge in [-0.1, -0.05) is 38.6 Å². The van der Waals surface area contributed by atoms with Crippen LogP contribution in [-0.4, -0.2) is 41.2 Å². The molecule has 0 bridgehead atoms. The lowest BCUT2D eigenvalue weighted by molar-refractivity contribution is 0.0954. The van der Waals surface area contributed by atoms with Crippen LogP contribution in [0, 0.1) is 0 Å². The maximum Gasteiger partial charge on any atom is 0.270 e. The van der Waals surface area contributed by atoms with Crippen molar-refractivity contribution in [2.75, 3.05) is 13.7 Å². The largest absolute Gasteiger partial charge is 0.494 e. The number of nitrogens with one attached hydrogen (secondary N) is 1. The number of hydrogen-bond donors (Lipinski definition) is 2. The Labute approximate surface area is 176 Å². The number of aromatic nitrogens is 1. The molecule has 2 heterocycles. The van der Waals surface area contributed by atoms with E-state index in [1.54, 1.807) is 26.3 Å². The number of carbonyl (C=O) groups is 1. The Bertz CT molecular complexity index is 1020. The Morgan fingerprint density at radius 2 is 2.10 bits per heavy atom. The van der Waals surface area contributed by atoms with Crippen LogP contribution < -0.4 is 15.8 Å². The summed E-state index contributed by atoms with van der Waals surface area (Å²) >= 11 is 0. The summed E-state index contributed by atoms with van der Waals surface area (Å²) in [6, 6.07) is 9.17. The summed E-state index contributed by atoms with van der Waals surface area (Å²) < 4.78 is 5.34. The zero-order chi connectivity index (χ0) is 21.8. The van der Waals surface area contributed by atoms with E-state index in [9.17, 15) is 4.79 Å². The van der Waals surface area contributed by atoms with Gasteiger partial charge in [0.05, 0.1) is 25.1 Å². The highest BCUT2D eigenvalue weighted by Gasteiger charge is 2.24. The Hall–Kier alpha value is -3.68. The number of benzene rings is 1. The molecule has 2 aromatic rings. The fourth-order valence-electron chi connectivity index (χ4n) is 2.95. The number of carbonyl (C=O) groups excluding carboxylic acids is 1. The molecule has 1 amide bonds. The van der Waals surface area contributed by atoms with Gasteiger partial charge in [-0.3, -0.25) is 9.78 Å². The standard InChI is InChI=1S/C22H26N6O2/c1-13(2)16-9-10-18(24-12-16)21(29)25-11-14(3)27-28-15(4)17-7-6-8-19(30-5)20(17)26-22(28)23/h6-10,12-13H,4,11H2,1-3,5H3,(H2,23,26)(H,25,29)/b27-14+. The number of ether oxygens (including phenoxy) is 1. The van der Waals surface area contributed by atoms with Gasteiger partial charge in [0, 0.05) is 11.8 Å². The molecule has 1 aliphatic heterocycles. The first-order chi connectivity index (χ1) is 14.3. The van der Waals surface area contributed by atoms with Gasteiger partial charge in [-0.25, -0.2) is 10.0 Å². The van der Waals surface area contributed by atoms with E-state index in [1.165, 1.54) is 5.01 Å². The minimum absolute atomic E-state index is 0.175. The number of nitrogens with zero attached hydrogens (tertiary/aromatic N) is 4. The molecule has 0 atom stereocenters. The number of amides is 1. The quantitative estimate of drug-likeness (QED) is 0.717. The van der Waals surface area contributed by atoms with Crippen molar-refractivity contribution in [1.29, 1.82) is 0 Å². The number of hydrogen-bond acceptors (Lipinski definition) is 7. The summed E-state index contributed by atoms with van der Waals surface area (Å²) in [4.78, 5) is 21.0. The highest BCUT2D eigenvalue weighted by molar-refractivity contribution is 5.99.